The third kappa shape index (κ3) is 7.30. The monoisotopic (exact) mass is 766 g/mol. The van der Waals surface area contributed by atoms with Gasteiger partial charge in [0, 0.05) is 11.6 Å². The second-order valence-electron chi connectivity index (χ2n) is 11.0. The van der Waals surface area contributed by atoms with Gasteiger partial charge in [-0.3, -0.25) is 29.6 Å². The van der Waals surface area contributed by atoms with E-state index < -0.39 is 38.8 Å². The van der Waals surface area contributed by atoms with Crippen molar-refractivity contribution in [1.29, 1.82) is 0 Å². The maximum Gasteiger partial charge on any atom is 0.338 e. The number of ether oxygens (including phenoxy) is 4. The van der Waals surface area contributed by atoms with E-state index in [9.17, 15) is 29.8 Å². The minimum atomic E-state index is -0.888. The fourth-order valence-corrected chi connectivity index (χ4v) is 6.88. The molecule has 0 unspecified atom stereocenters. The molecule has 1 aliphatic heterocycles. The standard InChI is InChI=1S/C34H31BrN4O10S/c1-6-46-27-15-20(14-23(35)31(27)49-26-13-12-21(38(42)43)17-24(26)39(44)45)16-28-32(40)37-30(22-10-8-9-11-25(22)48-18(3)4)29(33(41)47-7-2)19(5)36-34(37)50-28/h8-18,30H,6-7H2,1-5H3/b28-16-/t30-/m0/s1. The van der Waals surface area contributed by atoms with Gasteiger partial charge in [0.15, 0.2) is 16.3 Å². The number of rotatable bonds is 12. The van der Waals surface area contributed by atoms with Gasteiger partial charge in [0.2, 0.25) is 5.75 Å². The first-order valence-corrected chi connectivity index (χ1v) is 17.0. The van der Waals surface area contributed by atoms with Crippen molar-refractivity contribution >= 4 is 50.7 Å². The normalized spacial score (nSPS) is 14.2. The zero-order valence-electron chi connectivity index (χ0n) is 27.5. The molecular weight excluding hydrogens is 736 g/mol. The lowest BCUT2D eigenvalue weighted by Gasteiger charge is -2.26. The van der Waals surface area contributed by atoms with Crippen molar-refractivity contribution in [3.63, 3.8) is 0 Å². The molecule has 2 heterocycles. The Morgan fingerprint density at radius 1 is 1.04 bits per heavy atom. The smallest absolute Gasteiger partial charge is 0.338 e. The number of para-hydroxylation sites is 1. The SMILES string of the molecule is CCOC(=O)C1=C(C)N=c2s/c(=C\c3cc(Br)c(Oc4ccc([N+](=O)[O-])cc4[N+](=O)[O-])c(OCC)c3)c(=O)n2[C@H]1c1ccccc1OC(C)C. The van der Waals surface area contributed by atoms with Gasteiger partial charge in [-0.25, -0.2) is 9.79 Å². The van der Waals surface area contributed by atoms with Gasteiger partial charge in [-0.05, 0) is 86.5 Å². The van der Waals surface area contributed by atoms with Gasteiger partial charge < -0.3 is 18.9 Å². The zero-order valence-corrected chi connectivity index (χ0v) is 29.9. The molecular formula is C34H31BrN4O10S. The van der Waals surface area contributed by atoms with Crippen LogP contribution in [0.15, 0.2) is 80.1 Å². The van der Waals surface area contributed by atoms with E-state index in [2.05, 4.69) is 20.9 Å². The molecule has 1 atom stereocenters. The van der Waals surface area contributed by atoms with Crippen LogP contribution in [-0.4, -0.2) is 39.7 Å². The third-order valence-corrected chi connectivity index (χ3v) is 8.86. The average molecular weight is 768 g/mol. The molecule has 0 spiro atoms. The fourth-order valence-electron chi connectivity index (χ4n) is 5.30. The second kappa shape index (κ2) is 15.0. The minimum Gasteiger partial charge on any atom is -0.491 e. The molecule has 0 amide bonds. The number of halogens is 1. The lowest BCUT2D eigenvalue weighted by atomic mass is 9.95. The maximum atomic E-state index is 14.2. The van der Waals surface area contributed by atoms with E-state index in [1.54, 1.807) is 57.2 Å². The van der Waals surface area contributed by atoms with Crippen LogP contribution in [0.25, 0.3) is 6.08 Å². The molecule has 50 heavy (non-hydrogen) atoms. The highest BCUT2D eigenvalue weighted by Crippen LogP contribution is 2.43. The molecule has 3 aromatic carbocycles. The number of benzene rings is 3. The second-order valence-corrected chi connectivity index (χ2v) is 12.9. The number of nitrogens with zero attached hydrogens (tertiary/aromatic N) is 4. The number of hydrogen-bond acceptors (Lipinski definition) is 12. The van der Waals surface area contributed by atoms with Gasteiger partial charge >= 0.3 is 11.7 Å². The van der Waals surface area contributed by atoms with E-state index in [-0.39, 0.29) is 42.1 Å². The molecule has 0 N–H and O–H groups in total. The molecule has 0 fully saturated rings. The molecule has 0 saturated carbocycles. The fraction of sp³-hybridized carbons (Fsp3) is 0.265. The summed E-state index contributed by atoms with van der Waals surface area (Å²) in [6.07, 6.45) is 1.45. The molecule has 16 heteroatoms. The number of allylic oxidation sites excluding steroid dienone is 1. The summed E-state index contributed by atoms with van der Waals surface area (Å²) in [5.74, 6) is -0.0578. The Morgan fingerprint density at radius 3 is 2.44 bits per heavy atom. The number of carbonyl (C=O) groups is 1. The van der Waals surface area contributed by atoms with Crippen molar-refractivity contribution in [2.75, 3.05) is 13.2 Å². The van der Waals surface area contributed by atoms with Crippen LogP contribution < -0.4 is 29.1 Å². The summed E-state index contributed by atoms with van der Waals surface area (Å²) in [5, 5.41) is 22.9. The molecule has 0 saturated heterocycles. The number of esters is 1. The molecule has 1 aromatic heterocycles. The van der Waals surface area contributed by atoms with Gasteiger partial charge in [-0.15, -0.1) is 0 Å². The van der Waals surface area contributed by atoms with Crippen LogP contribution in [0.4, 0.5) is 11.4 Å². The van der Waals surface area contributed by atoms with Crippen molar-refractivity contribution in [3.8, 4) is 23.0 Å². The topological polar surface area (TPSA) is 175 Å². The molecule has 0 radical (unpaired) electrons. The predicted octanol–water partition coefficient (Wildman–Crippen LogP) is 6.36. The van der Waals surface area contributed by atoms with Crippen LogP contribution >= 0.6 is 27.3 Å². The van der Waals surface area contributed by atoms with E-state index in [4.69, 9.17) is 18.9 Å². The summed E-state index contributed by atoms with van der Waals surface area (Å²) in [4.78, 5) is 54.0. The Labute approximate surface area is 297 Å². The van der Waals surface area contributed by atoms with Gasteiger partial charge in [0.25, 0.3) is 11.2 Å². The number of fused-ring (bicyclic) bond motifs is 1. The zero-order chi connectivity index (χ0) is 36.3. The molecule has 14 nitrogen and oxygen atoms in total. The largest absolute Gasteiger partial charge is 0.491 e. The molecule has 0 bridgehead atoms. The van der Waals surface area contributed by atoms with E-state index in [0.717, 1.165) is 29.5 Å². The van der Waals surface area contributed by atoms with Gasteiger partial charge in [-0.1, -0.05) is 29.5 Å². The summed E-state index contributed by atoms with van der Waals surface area (Å²) < 4.78 is 25.3. The quantitative estimate of drug-likeness (QED) is 0.0897. The van der Waals surface area contributed by atoms with Crippen molar-refractivity contribution < 1.29 is 33.6 Å². The predicted molar refractivity (Wildman–Crippen MR) is 188 cm³/mol. The van der Waals surface area contributed by atoms with Gasteiger partial charge in [-0.2, -0.15) is 0 Å². The highest BCUT2D eigenvalue weighted by atomic mass is 79.9. The van der Waals surface area contributed by atoms with Gasteiger partial charge in [0.05, 0.1) is 55.5 Å². The van der Waals surface area contributed by atoms with Crippen LogP contribution in [-0.2, 0) is 9.53 Å². The number of nitro benzene ring substituents is 2. The van der Waals surface area contributed by atoms with Crippen LogP contribution in [0.3, 0.4) is 0 Å². The lowest BCUT2D eigenvalue weighted by molar-refractivity contribution is -0.394. The van der Waals surface area contributed by atoms with Crippen LogP contribution in [0.1, 0.15) is 51.8 Å². The third-order valence-electron chi connectivity index (χ3n) is 7.28. The number of nitro groups is 2. The number of non-ortho nitro benzene ring substituents is 1. The van der Waals surface area contributed by atoms with Crippen molar-refractivity contribution in [3.05, 3.63) is 121 Å². The Bertz CT molecular complexity index is 2230. The number of aromatic nitrogens is 1. The van der Waals surface area contributed by atoms with Crippen LogP contribution in [0.2, 0.25) is 0 Å². The van der Waals surface area contributed by atoms with E-state index in [1.165, 1.54) is 4.57 Å². The number of hydrogen-bond donors (Lipinski definition) is 0. The van der Waals surface area contributed by atoms with E-state index >= 15 is 0 Å². The molecule has 4 aromatic rings. The van der Waals surface area contributed by atoms with Crippen molar-refractivity contribution in [1.82, 2.24) is 4.57 Å². The minimum absolute atomic E-state index is 0.0823. The maximum absolute atomic E-state index is 14.2. The first kappa shape index (κ1) is 35.9. The Morgan fingerprint density at radius 2 is 1.78 bits per heavy atom. The summed E-state index contributed by atoms with van der Waals surface area (Å²) in [5.41, 5.74) is 0.242. The first-order valence-electron chi connectivity index (χ1n) is 15.4. The molecule has 0 aliphatic carbocycles. The molecule has 5 rings (SSSR count). The average Bonchev–Trinajstić information content (AvgIpc) is 3.35. The van der Waals surface area contributed by atoms with Crippen LogP contribution in [0, 0.1) is 20.2 Å². The highest BCUT2D eigenvalue weighted by molar-refractivity contribution is 9.10. The van der Waals surface area contributed by atoms with Crippen molar-refractivity contribution in [2.24, 2.45) is 4.99 Å². The van der Waals surface area contributed by atoms with E-state index in [0.29, 0.717) is 36.4 Å². The first-order chi connectivity index (χ1) is 23.8. The number of carbonyl (C=O) groups excluding carboxylic acids is 1. The Balaban J connectivity index is 1.65. The number of thiazole rings is 1. The van der Waals surface area contributed by atoms with Crippen molar-refractivity contribution in [2.45, 2.75) is 46.8 Å². The summed E-state index contributed by atoms with van der Waals surface area (Å²) >= 11 is 4.58. The molecule has 1 aliphatic rings. The van der Waals surface area contributed by atoms with E-state index in [1.807, 2.05) is 19.9 Å². The highest BCUT2D eigenvalue weighted by Gasteiger charge is 2.35. The lowest BCUT2D eigenvalue weighted by Crippen LogP contribution is -2.40. The Kier molecular flexibility index (Phi) is 10.8. The molecule has 260 valence electrons. The Hall–Kier alpha value is -5.35. The van der Waals surface area contributed by atoms with Gasteiger partial charge in [0.1, 0.15) is 11.8 Å². The summed E-state index contributed by atoms with van der Waals surface area (Å²) in [6.45, 7) is 9.23. The summed E-state index contributed by atoms with van der Waals surface area (Å²) in [7, 11) is 0. The van der Waals surface area contributed by atoms with Crippen LogP contribution in [0.5, 0.6) is 23.0 Å². The summed E-state index contributed by atoms with van der Waals surface area (Å²) in [6, 6.07) is 12.6.